The smallest absolute Gasteiger partial charge is 0.310 e. The molecule has 0 spiro atoms. The Morgan fingerprint density at radius 1 is 1.89 bits per heavy atom. The molecule has 2 nitrogen and oxygen atoms in total. The van der Waals surface area contributed by atoms with Gasteiger partial charge in [-0.25, -0.2) is 0 Å². The van der Waals surface area contributed by atoms with Gasteiger partial charge in [-0.15, -0.1) is 0 Å². The normalized spacial score (nSPS) is 34.7. The molecule has 9 heavy (non-hydrogen) atoms. The van der Waals surface area contributed by atoms with Gasteiger partial charge in [-0.05, 0) is 6.42 Å². The van der Waals surface area contributed by atoms with E-state index in [0.717, 1.165) is 6.42 Å². The molecule has 1 aliphatic rings. The minimum Gasteiger partial charge on any atom is -0.465 e. The molecule has 0 aliphatic carbocycles. The fourth-order valence-electron chi connectivity index (χ4n) is 0.808. The van der Waals surface area contributed by atoms with Crippen molar-refractivity contribution in [1.29, 1.82) is 0 Å². The lowest BCUT2D eigenvalue weighted by molar-refractivity contribution is -0.135. The lowest BCUT2D eigenvalue weighted by atomic mass is 9.87. The number of ether oxygens (including phenoxy) is 1. The predicted octanol–water partition coefficient (Wildman–Crippen LogP) is 1.16. The molecule has 1 radical (unpaired) electrons. The number of rotatable bonds is 1. The molecule has 2 heteroatoms. The summed E-state index contributed by atoms with van der Waals surface area (Å²) in [7, 11) is 0. The van der Waals surface area contributed by atoms with Gasteiger partial charge in [0, 0.05) is 5.41 Å². The van der Waals surface area contributed by atoms with Gasteiger partial charge >= 0.3 is 5.97 Å². The van der Waals surface area contributed by atoms with Crippen molar-refractivity contribution in [2.45, 2.75) is 20.3 Å². The number of carbonyl (C=O) groups excluding carboxylic acids is 1. The Hall–Kier alpha value is -0.530. The van der Waals surface area contributed by atoms with Crippen molar-refractivity contribution in [1.82, 2.24) is 0 Å². The molecule has 0 bridgehead atoms. The molecule has 0 unspecified atom stereocenters. The Kier molecular flexibility index (Phi) is 1.47. The van der Waals surface area contributed by atoms with E-state index in [1.54, 1.807) is 6.42 Å². The highest BCUT2D eigenvalue weighted by molar-refractivity contribution is 5.82. The molecule has 1 atom stereocenters. The van der Waals surface area contributed by atoms with Crippen molar-refractivity contribution in [3.05, 3.63) is 6.42 Å². The van der Waals surface area contributed by atoms with Gasteiger partial charge in [-0.2, -0.15) is 0 Å². The van der Waals surface area contributed by atoms with Crippen molar-refractivity contribution in [2.24, 2.45) is 5.41 Å². The van der Waals surface area contributed by atoms with Crippen LogP contribution in [-0.2, 0) is 9.53 Å². The molecular formula is C7H11O2. The molecule has 0 aromatic heterocycles. The van der Waals surface area contributed by atoms with Crippen molar-refractivity contribution >= 4 is 5.97 Å². The van der Waals surface area contributed by atoms with E-state index in [1.807, 2.05) is 6.92 Å². The van der Waals surface area contributed by atoms with Gasteiger partial charge in [0.25, 0.3) is 0 Å². The number of hydrogen-bond acceptors (Lipinski definition) is 2. The Balaban J connectivity index is 2.54. The van der Waals surface area contributed by atoms with Crippen molar-refractivity contribution in [2.75, 3.05) is 6.61 Å². The summed E-state index contributed by atoms with van der Waals surface area (Å²) in [5.74, 6) is -0.167. The number of esters is 1. The third-order valence-corrected chi connectivity index (χ3v) is 1.82. The highest BCUT2D eigenvalue weighted by Gasteiger charge is 2.34. The molecule has 1 aliphatic heterocycles. The topological polar surface area (TPSA) is 26.3 Å². The summed E-state index contributed by atoms with van der Waals surface area (Å²) in [4.78, 5) is 10.5. The molecule has 0 saturated carbocycles. The van der Waals surface area contributed by atoms with Gasteiger partial charge in [0.15, 0.2) is 0 Å². The third-order valence-electron chi connectivity index (χ3n) is 1.82. The zero-order valence-corrected chi connectivity index (χ0v) is 5.81. The Labute approximate surface area is 55.2 Å². The summed E-state index contributed by atoms with van der Waals surface area (Å²) >= 11 is 0. The number of cyclic esters (lactones) is 1. The Bertz CT molecular complexity index is 131. The zero-order chi connectivity index (χ0) is 6.91. The van der Waals surface area contributed by atoms with Crippen LogP contribution in [0.5, 0.6) is 0 Å². The fourth-order valence-corrected chi connectivity index (χ4v) is 0.808. The van der Waals surface area contributed by atoms with Crippen molar-refractivity contribution < 1.29 is 9.53 Å². The fraction of sp³-hybridized carbons (Fsp3) is 0.714. The largest absolute Gasteiger partial charge is 0.465 e. The van der Waals surface area contributed by atoms with E-state index < -0.39 is 0 Å². The summed E-state index contributed by atoms with van der Waals surface area (Å²) in [6, 6.07) is 0. The van der Waals surface area contributed by atoms with Crippen LogP contribution in [0.4, 0.5) is 0 Å². The van der Waals surface area contributed by atoms with Crippen LogP contribution in [-0.4, -0.2) is 12.6 Å². The second kappa shape index (κ2) is 2.01. The van der Waals surface area contributed by atoms with E-state index >= 15 is 0 Å². The van der Waals surface area contributed by atoms with Gasteiger partial charge in [-0.1, -0.05) is 13.8 Å². The molecule has 0 aromatic rings. The third kappa shape index (κ3) is 1.23. The van der Waals surface area contributed by atoms with Crippen LogP contribution in [0.1, 0.15) is 20.3 Å². The molecule has 1 heterocycles. The second-order valence-electron chi connectivity index (χ2n) is 2.76. The summed E-state index contributed by atoms with van der Waals surface area (Å²) in [5.41, 5.74) is 0.0110. The maximum Gasteiger partial charge on any atom is 0.310 e. The molecule has 0 N–H and O–H groups in total. The monoisotopic (exact) mass is 127 g/mol. The number of hydrogen-bond donors (Lipinski definition) is 0. The van der Waals surface area contributed by atoms with Crippen LogP contribution in [0.15, 0.2) is 0 Å². The average molecular weight is 127 g/mol. The van der Waals surface area contributed by atoms with E-state index in [-0.39, 0.29) is 11.4 Å². The SMILES string of the molecule is CC[C@]1(C)[CH]C(=O)OC1. The molecule has 1 fully saturated rings. The van der Waals surface area contributed by atoms with Gasteiger partial charge in [-0.3, -0.25) is 4.79 Å². The van der Waals surface area contributed by atoms with Gasteiger partial charge in [0.2, 0.25) is 0 Å². The highest BCUT2D eigenvalue weighted by Crippen LogP contribution is 2.30. The van der Waals surface area contributed by atoms with Crippen LogP contribution in [0.3, 0.4) is 0 Å². The summed E-state index contributed by atoms with van der Waals surface area (Å²) < 4.78 is 4.76. The molecule has 0 amide bonds. The lowest BCUT2D eigenvalue weighted by Crippen LogP contribution is -2.14. The molecular weight excluding hydrogens is 116 g/mol. The van der Waals surface area contributed by atoms with Crippen LogP contribution in [0.2, 0.25) is 0 Å². The average Bonchev–Trinajstić information content (AvgIpc) is 2.13. The molecule has 51 valence electrons. The Morgan fingerprint density at radius 2 is 2.56 bits per heavy atom. The minimum absolute atomic E-state index is 0.0110. The summed E-state index contributed by atoms with van der Waals surface area (Å²) in [5, 5.41) is 0. The van der Waals surface area contributed by atoms with E-state index in [4.69, 9.17) is 4.74 Å². The van der Waals surface area contributed by atoms with Gasteiger partial charge in [0.05, 0.1) is 13.0 Å². The van der Waals surface area contributed by atoms with Crippen LogP contribution in [0.25, 0.3) is 0 Å². The van der Waals surface area contributed by atoms with Gasteiger partial charge < -0.3 is 4.74 Å². The van der Waals surface area contributed by atoms with Gasteiger partial charge in [0.1, 0.15) is 0 Å². The van der Waals surface area contributed by atoms with Crippen molar-refractivity contribution in [3.8, 4) is 0 Å². The summed E-state index contributed by atoms with van der Waals surface area (Å²) in [6.45, 7) is 4.64. The maximum absolute atomic E-state index is 10.5. The van der Waals surface area contributed by atoms with E-state index in [0.29, 0.717) is 6.61 Å². The predicted molar refractivity (Wildman–Crippen MR) is 33.7 cm³/mol. The first kappa shape index (κ1) is 6.59. The number of carbonyl (C=O) groups is 1. The van der Waals surface area contributed by atoms with Crippen LogP contribution in [0, 0.1) is 11.8 Å². The highest BCUT2D eigenvalue weighted by atomic mass is 16.5. The van der Waals surface area contributed by atoms with E-state index in [2.05, 4.69) is 6.92 Å². The first-order valence-electron chi connectivity index (χ1n) is 3.19. The summed E-state index contributed by atoms with van der Waals surface area (Å²) in [6.07, 6.45) is 2.63. The molecule has 1 saturated heterocycles. The molecule has 1 rings (SSSR count). The molecule has 0 aromatic carbocycles. The standard InChI is InChI=1S/C7H11O2/c1-3-7(2)4-6(8)9-5-7/h4H,3,5H2,1-2H3/t7-/m1/s1. The van der Waals surface area contributed by atoms with E-state index in [9.17, 15) is 4.79 Å². The maximum atomic E-state index is 10.5. The minimum atomic E-state index is -0.167. The second-order valence-corrected chi connectivity index (χ2v) is 2.76. The quantitative estimate of drug-likeness (QED) is 0.494. The Morgan fingerprint density at radius 3 is 2.78 bits per heavy atom. The first-order chi connectivity index (χ1) is 4.16. The lowest BCUT2D eigenvalue weighted by Gasteiger charge is -2.14. The first-order valence-corrected chi connectivity index (χ1v) is 3.19. The van der Waals surface area contributed by atoms with Crippen molar-refractivity contribution in [3.63, 3.8) is 0 Å². The van der Waals surface area contributed by atoms with E-state index in [1.165, 1.54) is 0 Å². The van der Waals surface area contributed by atoms with Crippen LogP contribution < -0.4 is 0 Å². The van der Waals surface area contributed by atoms with Crippen LogP contribution >= 0.6 is 0 Å². The zero-order valence-electron chi connectivity index (χ0n) is 5.81.